The predicted molar refractivity (Wildman–Crippen MR) is 36.0 cm³/mol. The molecule has 7 heteroatoms. The van der Waals surface area contributed by atoms with E-state index >= 15 is 0 Å². The Bertz CT molecular complexity index is 110. The molecule has 0 aromatic heterocycles. The first-order chi connectivity index (χ1) is 5.54. The average molecular weight is 220 g/mol. The smallest absolute Gasteiger partial charge is 0.853 e. The fraction of sp³-hybridized carbons (Fsp3) is 1.00. The summed E-state index contributed by atoms with van der Waals surface area (Å²) in [6.45, 7) is -1.72. The van der Waals surface area contributed by atoms with Gasteiger partial charge in [0, 0.05) is 0 Å². The van der Waals surface area contributed by atoms with Gasteiger partial charge in [0.15, 0.2) is 0 Å². The number of hydrogen-bond donors (Lipinski definition) is 5. The summed E-state index contributed by atoms with van der Waals surface area (Å²) in [5, 5.41) is 53.7. The third kappa shape index (κ3) is 5.75. The van der Waals surface area contributed by atoms with E-state index in [0.29, 0.717) is 0 Å². The molecule has 6 nitrogen and oxygen atoms in total. The maximum Gasteiger partial charge on any atom is 1.00 e. The zero-order valence-electron chi connectivity index (χ0n) is 7.37. The molecule has 74 valence electrons. The SMILES string of the molecule is [K+].[O-]C[C@H](O)[C@@H](O)[C@H](O)[C@H](O)CO. The molecular formula is C6H13KO6. The fourth-order valence-electron chi connectivity index (χ4n) is 0.662. The van der Waals surface area contributed by atoms with Crippen molar-refractivity contribution in [3.63, 3.8) is 0 Å². The molecule has 0 unspecified atom stereocenters. The van der Waals surface area contributed by atoms with Crippen LogP contribution in [0.15, 0.2) is 0 Å². The topological polar surface area (TPSA) is 124 Å². The molecule has 0 aliphatic heterocycles. The van der Waals surface area contributed by atoms with Crippen LogP contribution in [-0.2, 0) is 0 Å². The van der Waals surface area contributed by atoms with Gasteiger partial charge in [-0.05, 0) is 0 Å². The van der Waals surface area contributed by atoms with Crippen LogP contribution in [0.25, 0.3) is 0 Å². The Morgan fingerprint density at radius 3 is 1.62 bits per heavy atom. The molecule has 0 aromatic carbocycles. The van der Waals surface area contributed by atoms with Gasteiger partial charge in [-0.25, -0.2) is 0 Å². The van der Waals surface area contributed by atoms with Crippen molar-refractivity contribution in [3.05, 3.63) is 0 Å². The molecule has 0 amide bonds. The van der Waals surface area contributed by atoms with Gasteiger partial charge in [0.2, 0.25) is 0 Å². The third-order valence-corrected chi connectivity index (χ3v) is 1.50. The minimum absolute atomic E-state index is 0. The van der Waals surface area contributed by atoms with Crippen LogP contribution in [0, 0.1) is 0 Å². The summed E-state index contributed by atoms with van der Waals surface area (Å²) < 4.78 is 0. The molecular weight excluding hydrogens is 207 g/mol. The number of hydrogen-bond acceptors (Lipinski definition) is 6. The summed E-state index contributed by atoms with van der Waals surface area (Å²) in [6, 6.07) is 0. The van der Waals surface area contributed by atoms with Crippen molar-refractivity contribution in [3.8, 4) is 0 Å². The van der Waals surface area contributed by atoms with Crippen LogP contribution in [-0.4, -0.2) is 63.2 Å². The molecule has 0 aromatic rings. The van der Waals surface area contributed by atoms with Gasteiger partial charge in [-0.15, -0.1) is 6.61 Å². The van der Waals surface area contributed by atoms with E-state index in [9.17, 15) is 5.11 Å². The Labute approximate surface area is 118 Å². The van der Waals surface area contributed by atoms with E-state index in [1.807, 2.05) is 0 Å². The molecule has 0 aliphatic carbocycles. The monoisotopic (exact) mass is 220 g/mol. The second kappa shape index (κ2) is 8.68. The van der Waals surface area contributed by atoms with Crippen molar-refractivity contribution in [2.24, 2.45) is 0 Å². The maximum absolute atomic E-state index is 10.0. The van der Waals surface area contributed by atoms with E-state index < -0.39 is 37.6 Å². The second-order valence-corrected chi connectivity index (χ2v) is 2.47. The minimum atomic E-state index is -1.73. The molecule has 0 heterocycles. The molecule has 0 radical (unpaired) electrons. The molecule has 0 aliphatic rings. The van der Waals surface area contributed by atoms with Crippen molar-refractivity contribution >= 4 is 0 Å². The zero-order valence-corrected chi connectivity index (χ0v) is 10.5. The predicted octanol–water partition coefficient (Wildman–Crippen LogP) is -7.21. The van der Waals surface area contributed by atoms with Gasteiger partial charge >= 0.3 is 51.4 Å². The Morgan fingerprint density at radius 2 is 1.31 bits per heavy atom. The van der Waals surface area contributed by atoms with Crippen molar-refractivity contribution in [1.82, 2.24) is 0 Å². The summed E-state index contributed by atoms with van der Waals surface area (Å²) in [7, 11) is 0. The number of aliphatic hydroxyl groups excluding tert-OH is 5. The summed E-state index contributed by atoms with van der Waals surface area (Å²) in [4.78, 5) is 0. The van der Waals surface area contributed by atoms with Crippen LogP contribution in [0.2, 0.25) is 0 Å². The van der Waals surface area contributed by atoms with Gasteiger partial charge in [-0.2, -0.15) is 0 Å². The fourth-order valence-corrected chi connectivity index (χ4v) is 0.662. The van der Waals surface area contributed by atoms with Crippen LogP contribution < -0.4 is 56.5 Å². The molecule has 0 rings (SSSR count). The van der Waals surface area contributed by atoms with Gasteiger partial charge < -0.3 is 30.6 Å². The molecule has 0 fully saturated rings. The van der Waals surface area contributed by atoms with E-state index in [0.717, 1.165) is 0 Å². The first-order valence-electron chi connectivity index (χ1n) is 3.45. The van der Waals surface area contributed by atoms with Crippen LogP contribution in [0.3, 0.4) is 0 Å². The zero-order chi connectivity index (χ0) is 9.72. The first kappa shape index (κ1) is 16.8. The Morgan fingerprint density at radius 1 is 0.923 bits per heavy atom. The molecule has 4 atom stereocenters. The molecule has 0 saturated heterocycles. The van der Waals surface area contributed by atoms with Crippen LogP contribution in [0.5, 0.6) is 0 Å². The minimum Gasteiger partial charge on any atom is -0.853 e. The van der Waals surface area contributed by atoms with Gasteiger partial charge in [0.1, 0.15) is 18.3 Å². The summed E-state index contributed by atoms with van der Waals surface area (Å²) in [5.74, 6) is 0. The molecule has 5 N–H and O–H groups in total. The van der Waals surface area contributed by atoms with E-state index in [4.69, 9.17) is 25.5 Å². The van der Waals surface area contributed by atoms with E-state index in [-0.39, 0.29) is 51.4 Å². The van der Waals surface area contributed by atoms with E-state index in [2.05, 4.69) is 0 Å². The number of aliphatic hydroxyl groups is 5. The van der Waals surface area contributed by atoms with Crippen LogP contribution in [0.4, 0.5) is 0 Å². The summed E-state index contributed by atoms with van der Waals surface area (Å²) in [6.07, 6.45) is -6.63. The number of rotatable bonds is 5. The summed E-state index contributed by atoms with van der Waals surface area (Å²) in [5.41, 5.74) is 0. The van der Waals surface area contributed by atoms with Crippen LogP contribution >= 0.6 is 0 Å². The van der Waals surface area contributed by atoms with Crippen molar-refractivity contribution < 1.29 is 82.0 Å². The largest absolute Gasteiger partial charge is 1.00 e. The van der Waals surface area contributed by atoms with E-state index in [1.54, 1.807) is 0 Å². The second-order valence-electron chi connectivity index (χ2n) is 2.47. The van der Waals surface area contributed by atoms with E-state index in [1.165, 1.54) is 0 Å². The Balaban J connectivity index is 0. The Hall–Kier alpha value is 1.40. The normalized spacial score (nSPS) is 19.8. The maximum atomic E-state index is 10.0. The first-order valence-corrected chi connectivity index (χ1v) is 3.45. The third-order valence-electron chi connectivity index (χ3n) is 1.50. The molecule has 0 bridgehead atoms. The van der Waals surface area contributed by atoms with Crippen LogP contribution in [0.1, 0.15) is 0 Å². The van der Waals surface area contributed by atoms with Crippen molar-refractivity contribution in [2.75, 3.05) is 13.2 Å². The van der Waals surface area contributed by atoms with Gasteiger partial charge in [-0.1, -0.05) is 0 Å². The molecule has 13 heavy (non-hydrogen) atoms. The molecule has 0 saturated carbocycles. The summed E-state index contributed by atoms with van der Waals surface area (Å²) >= 11 is 0. The van der Waals surface area contributed by atoms with Gasteiger partial charge in [-0.3, -0.25) is 0 Å². The van der Waals surface area contributed by atoms with Gasteiger partial charge in [0.25, 0.3) is 0 Å². The standard InChI is InChI=1S/C6H13O6.K/c7-1-3(9)5(11)6(12)4(10)2-8;/h3-7,9-12H,1-2H2;/q-1;+1/t3-,4+,5-,6-;/m1./s1. The quantitative estimate of drug-likeness (QED) is 0.293. The Kier molecular flexibility index (Phi) is 11.2. The molecule has 0 spiro atoms. The van der Waals surface area contributed by atoms with Crippen molar-refractivity contribution in [2.45, 2.75) is 24.4 Å². The van der Waals surface area contributed by atoms with Gasteiger partial charge in [0.05, 0.1) is 12.7 Å². The van der Waals surface area contributed by atoms with Crippen molar-refractivity contribution in [1.29, 1.82) is 0 Å². The average Bonchev–Trinajstić information content (AvgIpc) is 2.12.